The monoisotopic (exact) mass is 400 g/mol. The number of benzene rings is 1. The highest BCUT2D eigenvalue weighted by molar-refractivity contribution is 7.89. The molecule has 4 nitrogen and oxygen atoms in total. The van der Waals surface area contributed by atoms with Gasteiger partial charge in [-0.3, -0.25) is 4.90 Å². The molecule has 0 bridgehead atoms. The second-order valence-electron chi connectivity index (χ2n) is 7.78. The van der Waals surface area contributed by atoms with Crippen LogP contribution in [0.3, 0.4) is 0 Å². The van der Waals surface area contributed by atoms with E-state index in [0.29, 0.717) is 24.8 Å². The molecule has 0 aliphatic carbocycles. The van der Waals surface area contributed by atoms with Crippen molar-refractivity contribution in [1.29, 1.82) is 0 Å². The van der Waals surface area contributed by atoms with E-state index in [2.05, 4.69) is 4.90 Å². The zero-order chi connectivity index (χ0) is 18.3. The lowest BCUT2D eigenvalue weighted by Gasteiger charge is -2.51. The van der Waals surface area contributed by atoms with Crippen LogP contribution in [0, 0.1) is 11.7 Å². The summed E-state index contributed by atoms with van der Waals surface area (Å²) in [6.07, 6.45) is 4.20. The number of sulfonamides is 1. The molecule has 2 fully saturated rings. The Bertz CT molecular complexity index is 773. The third-order valence-corrected chi connectivity index (χ3v) is 8.51. The van der Waals surface area contributed by atoms with Crippen LogP contribution in [-0.4, -0.2) is 54.9 Å². The Morgan fingerprint density at radius 2 is 2.12 bits per heavy atom. The summed E-state index contributed by atoms with van der Waals surface area (Å²) in [5.74, 6) is 0.716. The first-order chi connectivity index (χ1) is 12.5. The Labute approximate surface area is 160 Å². The summed E-state index contributed by atoms with van der Waals surface area (Å²) in [4.78, 5) is 2.48. The fraction of sp³-hybridized carbons (Fsp3) is 0.684. The molecule has 4 rings (SSSR count). The maximum Gasteiger partial charge on any atom is 0.214 e. The number of piperidine rings is 2. The molecule has 3 heterocycles. The molecule has 7 heteroatoms. The van der Waals surface area contributed by atoms with Crippen LogP contribution in [0.15, 0.2) is 18.2 Å². The molecule has 0 aromatic heterocycles. The third-order valence-electron chi connectivity index (χ3n) is 6.27. The van der Waals surface area contributed by atoms with E-state index >= 15 is 0 Å². The average Bonchev–Trinajstić information content (AvgIpc) is 2.64. The molecule has 1 aromatic rings. The SMILES string of the molecule is O=S(=O)(CCCCl)N1CCC[C@H]2CN3CCc4cc(F)ccc4[C@@H]3C[C@H]21. The van der Waals surface area contributed by atoms with Gasteiger partial charge in [-0.05, 0) is 61.3 Å². The van der Waals surface area contributed by atoms with Crippen molar-refractivity contribution in [2.45, 2.75) is 44.2 Å². The van der Waals surface area contributed by atoms with Crippen LogP contribution in [0.5, 0.6) is 0 Å². The molecule has 3 aliphatic heterocycles. The van der Waals surface area contributed by atoms with E-state index in [1.807, 2.05) is 6.07 Å². The van der Waals surface area contributed by atoms with Crippen LogP contribution in [0.4, 0.5) is 4.39 Å². The van der Waals surface area contributed by atoms with Crippen LogP contribution < -0.4 is 0 Å². The van der Waals surface area contributed by atoms with E-state index in [9.17, 15) is 12.8 Å². The van der Waals surface area contributed by atoms with Crippen molar-refractivity contribution in [2.24, 2.45) is 5.92 Å². The molecule has 0 N–H and O–H groups in total. The van der Waals surface area contributed by atoms with Crippen molar-refractivity contribution in [3.63, 3.8) is 0 Å². The van der Waals surface area contributed by atoms with Gasteiger partial charge in [0.15, 0.2) is 0 Å². The number of nitrogens with zero attached hydrogens (tertiary/aromatic N) is 2. The highest BCUT2D eigenvalue weighted by atomic mass is 35.5. The minimum absolute atomic E-state index is 0.0568. The van der Waals surface area contributed by atoms with E-state index in [1.54, 1.807) is 10.4 Å². The largest absolute Gasteiger partial charge is 0.296 e. The van der Waals surface area contributed by atoms with Gasteiger partial charge in [-0.1, -0.05) is 6.07 Å². The standard InChI is InChI=1S/C19H26ClFN2O2S/c20-7-2-10-26(24,25)23-8-1-3-15-13-22-9-6-14-11-16(21)4-5-17(14)19(22)12-18(15)23/h4-5,11,15,18-19H,1-3,6-10,12-13H2/t15-,18+,19-/m0/s1. The summed E-state index contributed by atoms with van der Waals surface area (Å²) in [5, 5.41) is 0. The number of alkyl halides is 1. The number of halogens is 2. The van der Waals surface area contributed by atoms with E-state index in [4.69, 9.17) is 11.6 Å². The summed E-state index contributed by atoms with van der Waals surface area (Å²) in [6, 6.07) is 5.33. The van der Waals surface area contributed by atoms with Crippen molar-refractivity contribution < 1.29 is 12.8 Å². The lowest BCUT2D eigenvalue weighted by Crippen LogP contribution is -2.57. The molecule has 3 atom stereocenters. The summed E-state index contributed by atoms with van der Waals surface area (Å²) in [6.45, 7) is 2.49. The van der Waals surface area contributed by atoms with Gasteiger partial charge in [0.1, 0.15) is 5.82 Å². The maximum atomic E-state index is 13.6. The predicted molar refractivity (Wildman–Crippen MR) is 101 cm³/mol. The zero-order valence-corrected chi connectivity index (χ0v) is 16.5. The van der Waals surface area contributed by atoms with Gasteiger partial charge in [0.25, 0.3) is 0 Å². The fourth-order valence-corrected chi connectivity index (χ4v) is 7.20. The average molecular weight is 401 g/mol. The van der Waals surface area contributed by atoms with E-state index < -0.39 is 10.0 Å². The molecule has 144 valence electrons. The molecule has 3 aliphatic rings. The molecule has 2 saturated heterocycles. The Morgan fingerprint density at radius 3 is 2.92 bits per heavy atom. The van der Waals surface area contributed by atoms with Crippen LogP contribution in [-0.2, 0) is 16.4 Å². The molecule has 0 saturated carbocycles. The Balaban J connectivity index is 1.61. The van der Waals surface area contributed by atoms with Crippen LogP contribution in [0.2, 0.25) is 0 Å². The van der Waals surface area contributed by atoms with Gasteiger partial charge in [0, 0.05) is 37.6 Å². The number of hydrogen-bond acceptors (Lipinski definition) is 3. The lowest BCUT2D eigenvalue weighted by molar-refractivity contribution is 0.0219. The smallest absolute Gasteiger partial charge is 0.214 e. The Kier molecular flexibility index (Phi) is 5.30. The summed E-state index contributed by atoms with van der Waals surface area (Å²) < 4.78 is 41.1. The lowest BCUT2D eigenvalue weighted by atomic mass is 9.77. The highest BCUT2D eigenvalue weighted by Crippen LogP contribution is 2.43. The van der Waals surface area contributed by atoms with Gasteiger partial charge < -0.3 is 0 Å². The van der Waals surface area contributed by atoms with Crippen LogP contribution in [0.25, 0.3) is 0 Å². The summed E-state index contributed by atoms with van der Waals surface area (Å²) in [5.41, 5.74) is 2.26. The molecule has 0 unspecified atom stereocenters. The first kappa shape index (κ1) is 18.7. The Morgan fingerprint density at radius 1 is 1.27 bits per heavy atom. The Hall–Kier alpha value is -0.690. The molecule has 0 amide bonds. The summed E-state index contributed by atoms with van der Waals surface area (Å²) >= 11 is 5.72. The van der Waals surface area contributed by atoms with E-state index in [-0.39, 0.29) is 23.7 Å². The first-order valence-electron chi connectivity index (χ1n) is 9.57. The number of rotatable bonds is 4. The van der Waals surface area contributed by atoms with Crippen molar-refractivity contribution in [3.8, 4) is 0 Å². The van der Waals surface area contributed by atoms with Gasteiger partial charge in [0.05, 0.1) is 5.75 Å². The molecular formula is C19H26ClFN2O2S. The quantitative estimate of drug-likeness (QED) is 0.729. The fourth-order valence-electron chi connectivity index (χ4n) is 5.08. The highest BCUT2D eigenvalue weighted by Gasteiger charge is 2.45. The molecule has 26 heavy (non-hydrogen) atoms. The topological polar surface area (TPSA) is 40.6 Å². The second-order valence-corrected chi connectivity index (χ2v) is 10.2. The van der Waals surface area contributed by atoms with Gasteiger partial charge in [-0.15, -0.1) is 11.6 Å². The molecule has 1 aromatic carbocycles. The number of hydrogen-bond donors (Lipinski definition) is 0. The molecule has 0 radical (unpaired) electrons. The van der Waals surface area contributed by atoms with Crippen molar-refractivity contribution in [1.82, 2.24) is 9.21 Å². The zero-order valence-electron chi connectivity index (χ0n) is 14.9. The molecule has 0 spiro atoms. The summed E-state index contributed by atoms with van der Waals surface area (Å²) in [7, 11) is -3.27. The van der Waals surface area contributed by atoms with Crippen LogP contribution in [0.1, 0.15) is 42.9 Å². The van der Waals surface area contributed by atoms with Gasteiger partial charge in [0.2, 0.25) is 10.0 Å². The van der Waals surface area contributed by atoms with Crippen molar-refractivity contribution in [2.75, 3.05) is 31.3 Å². The van der Waals surface area contributed by atoms with Crippen molar-refractivity contribution >= 4 is 21.6 Å². The normalized spacial score (nSPS) is 29.7. The first-order valence-corrected chi connectivity index (χ1v) is 11.7. The van der Waals surface area contributed by atoms with Crippen molar-refractivity contribution in [3.05, 3.63) is 35.1 Å². The predicted octanol–water partition coefficient (Wildman–Crippen LogP) is 3.17. The maximum absolute atomic E-state index is 13.6. The van der Waals surface area contributed by atoms with Gasteiger partial charge >= 0.3 is 0 Å². The van der Waals surface area contributed by atoms with E-state index in [1.165, 1.54) is 11.6 Å². The number of fused-ring (bicyclic) bond motifs is 4. The third kappa shape index (κ3) is 3.41. The van der Waals surface area contributed by atoms with Gasteiger partial charge in [-0.25, -0.2) is 12.8 Å². The molecular weight excluding hydrogens is 375 g/mol. The van der Waals surface area contributed by atoms with Crippen LogP contribution >= 0.6 is 11.6 Å². The van der Waals surface area contributed by atoms with Gasteiger partial charge in [-0.2, -0.15) is 4.31 Å². The second kappa shape index (κ2) is 7.38. The van der Waals surface area contributed by atoms with E-state index in [0.717, 1.165) is 44.3 Å². The minimum atomic E-state index is -3.27. The minimum Gasteiger partial charge on any atom is -0.296 e.